The van der Waals surface area contributed by atoms with Gasteiger partial charge in [0.1, 0.15) is 0 Å². The molecule has 0 aromatic carbocycles. The first-order chi connectivity index (χ1) is 7.55. The van der Waals surface area contributed by atoms with Crippen LogP contribution in [-0.4, -0.2) is 25.8 Å². The van der Waals surface area contributed by atoms with Crippen molar-refractivity contribution in [2.75, 3.05) is 13.1 Å². The summed E-state index contributed by atoms with van der Waals surface area (Å²) in [6.07, 6.45) is 0.946. The van der Waals surface area contributed by atoms with E-state index in [0.29, 0.717) is 23.9 Å². The molecule has 0 saturated carbocycles. The summed E-state index contributed by atoms with van der Waals surface area (Å²) in [5.74, 6) is 0.453. The molecule has 2 N–H and O–H groups in total. The Balaban J connectivity index is 2.32. The van der Waals surface area contributed by atoms with Crippen LogP contribution in [0.4, 0.5) is 0 Å². The van der Waals surface area contributed by atoms with Gasteiger partial charge in [-0.2, -0.15) is 4.31 Å². The average molecular weight is 260 g/mol. The quantitative estimate of drug-likeness (QED) is 0.889. The molecule has 1 saturated heterocycles. The van der Waals surface area contributed by atoms with Crippen LogP contribution in [0.25, 0.3) is 0 Å². The highest BCUT2D eigenvalue weighted by atomic mass is 32.2. The third kappa shape index (κ3) is 2.02. The summed E-state index contributed by atoms with van der Waals surface area (Å²) in [6.45, 7) is 3.62. The largest absolute Gasteiger partial charge is 0.326 e. The van der Waals surface area contributed by atoms with Gasteiger partial charge in [0.2, 0.25) is 10.0 Å². The van der Waals surface area contributed by atoms with E-state index in [4.69, 9.17) is 5.73 Å². The lowest BCUT2D eigenvalue weighted by Gasteiger charge is -2.15. The lowest BCUT2D eigenvalue weighted by molar-refractivity contribution is 0.464. The van der Waals surface area contributed by atoms with Gasteiger partial charge in [-0.05, 0) is 23.8 Å². The van der Waals surface area contributed by atoms with E-state index in [1.165, 1.54) is 11.3 Å². The zero-order chi connectivity index (χ0) is 11.8. The Morgan fingerprint density at radius 3 is 2.94 bits per heavy atom. The van der Waals surface area contributed by atoms with Crippen LogP contribution < -0.4 is 5.73 Å². The van der Waals surface area contributed by atoms with Crippen molar-refractivity contribution in [2.24, 2.45) is 11.7 Å². The fourth-order valence-corrected chi connectivity index (χ4v) is 4.84. The Bertz CT molecular complexity index is 467. The van der Waals surface area contributed by atoms with Crippen LogP contribution in [0.2, 0.25) is 0 Å². The monoisotopic (exact) mass is 260 g/mol. The average Bonchev–Trinajstić information content (AvgIpc) is 2.85. The Labute approximate surface area is 100 Å². The summed E-state index contributed by atoms with van der Waals surface area (Å²) >= 11 is 1.41. The SMILES string of the molecule is CC1CCN(S(=O)(=O)c2ccsc2CN)C1. The van der Waals surface area contributed by atoms with E-state index >= 15 is 0 Å². The van der Waals surface area contributed by atoms with Gasteiger partial charge in [-0.15, -0.1) is 11.3 Å². The molecule has 4 nitrogen and oxygen atoms in total. The maximum atomic E-state index is 12.3. The Kier molecular flexibility index (Phi) is 3.34. The summed E-state index contributed by atoms with van der Waals surface area (Å²) in [5, 5.41) is 1.79. The van der Waals surface area contributed by atoms with Crippen molar-refractivity contribution in [1.29, 1.82) is 0 Å². The van der Waals surface area contributed by atoms with Crippen LogP contribution >= 0.6 is 11.3 Å². The first kappa shape index (κ1) is 12.0. The second kappa shape index (κ2) is 4.44. The lowest BCUT2D eigenvalue weighted by atomic mass is 10.2. The molecule has 1 atom stereocenters. The molecule has 1 aromatic heterocycles. The van der Waals surface area contributed by atoms with Crippen LogP contribution in [-0.2, 0) is 16.6 Å². The molecular formula is C10H16N2O2S2. The van der Waals surface area contributed by atoms with Crippen LogP contribution in [0, 0.1) is 5.92 Å². The van der Waals surface area contributed by atoms with Gasteiger partial charge in [0.05, 0.1) is 4.90 Å². The molecule has 2 heterocycles. The summed E-state index contributed by atoms with van der Waals surface area (Å²) in [4.78, 5) is 1.15. The second-order valence-electron chi connectivity index (χ2n) is 4.17. The highest BCUT2D eigenvalue weighted by Crippen LogP contribution is 2.28. The minimum atomic E-state index is -3.31. The summed E-state index contributed by atoms with van der Waals surface area (Å²) in [7, 11) is -3.31. The first-order valence-electron chi connectivity index (χ1n) is 5.32. The molecular weight excluding hydrogens is 244 g/mol. The van der Waals surface area contributed by atoms with Gasteiger partial charge in [-0.3, -0.25) is 0 Å². The van der Waals surface area contributed by atoms with Crippen LogP contribution in [0.3, 0.4) is 0 Å². The molecule has 0 aliphatic carbocycles. The number of thiophene rings is 1. The topological polar surface area (TPSA) is 63.4 Å². The Hall–Kier alpha value is -0.430. The van der Waals surface area contributed by atoms with Gasteiger partial charge >= 0.3 is 0 Å². The van der Waals surface area contributed by atoms with Crippen molar-refractivity contribution in [2.45, 2.75) is 24.8 Å². The lowest BCUT2D eigenvalue weighted by Crippen LogP contribution is -2.29. The molecule has 1 unspecified atom stereocenters. The second-order valence-corrected chi connectivity index (χ2v) is 7.08. The van der Waals surface area contributed by atoms with Crippen molar-refractivity contribution in [3.63, 3.8) is 0 Å². The predicted molar refractivity (Wildman–Crippen MR) is 64.8 cm³/mol. The molecule has 1 aromatic rings. The van der Waals surface area contributed by atoms with E-state index in [0.717, 1.165) is 11.3 Å². The van der Waals surface area contributed by atoms with E-state index in [2.05, 4.69) is 6.92 Å². The molecule has 1 aliphatic heterocycles. The normalized spacial score (nSPS) is 22.8. The number of hydrogen-bond acceptors (Lipinski definition) is 4. The molecule has 0 amide bonds. The van der Waals surface area contributed by atoms with Crippen molar-refractivity contribution in [3.05, 3.63) is 16.3 Å². The van der Waals surface area contributed by atoms with Gasteiger partial charge in [-0.25, -0.2) is 8.42 Å². The smallest absolute Gasteiger partial charge is 0.244 e. The molecule has 1 aliphatic rings. The van der Waals surface area contributed by atoms with E-state index in [-0.39, 0.29) is 6.54 Å². The van der Waals surface area contributed by atoms with Crippen LogP contribution in [0.15, 0.2) is 16.3 Å². The molecule has 0 bridgehead atoms. The summed E-state index contributed by atoms with van der Waals surface area (Å²) in [5.41, 5.74) is 5.55. The standard InChI is InChI=1S/C10H16N2O2S2/c1-8-2-4-12(7-8)16(13,14)10-3-5-15-9(10)6-11/h3,5,8H,2,4,6-7,11H2,1H3. The van der Waals surface area contributed by atoms with E-state index < -0.39 is 10.0 Å². The summed E-state index contributed by atoms with van der Waals surface area (Å²) in [6, 6.07) is 1.66. The maximum Gasteiger partial charge on any atom is 0.244 e. The third-order valence-corrected chi connectivity index (χ3v) is 5.92. The van der Waals surface area contributed by atoms with Crippen LogP contribution in [0.1, 0.15) is 18.2 Å². The molecule has 16 heavy (non-hydrogen) atoms. The number of nitrogens with two attached hydrogens (primary N) is 1. The minimum absolute atomic E-state index is 0.287. The molecule has 1 fully saturated rings. The Morgan fingerprint density at radius 2 is 2.38 bits per heavy atom. The van der Waals surface area contributed by atoms with Crippen LogP contribution in [0.5, 0.6) is 0 Å². The molecule has 0 spiro atoms. The number of sulfonamides is 1. The van der Waals surface area contributed by atoms with Crippen molar-refractivity contribution in [3.8, 4) is 0 Å². The first-order valence-corrected chi connectivity index (χ1v) is 7.64. The predicted octanol–water partition coefficient (Wildman–Crippen LogP) is 1.24. The van der Waals surface area contributed by atoms with Crippen molar-refractivity contribution < 1.29 is 8.42 Å². The third-order valence-electron chi connectivity index (χ3n) is 2.89. The van der Waals surface area contributed by atoms with Gasteiger partial charge in [-0.1, -0.05) is 6.92 Å². The van der Waals surface area contributed by atoms with Gasteiger partial charge in [0.25, 0.3) is 0 Å². The fraction of sp³-hybridized carbons (Fsp3) is 0.600. The minimum Gasteiger partial charge on any atom is -0.326 e. The number of nitrogens with zero attached hydrogens (tertiary/aromatic N) is 1. The number of rotatable bonds is 3. The van der Waals surface area contributed by atoms with Gasteiger partial charge in [0, 0.05) is 24.5 Å². The zero-order valence-corrected chi connectivity index (χ0v) is 10.9. The van der Waals surface area contributed by atoms with E-state index in [1.54, 1.807) is 15.8 Å². The molecule has 6 heteroatoms. The van der Waals surface area contributed by atoms with Crippen molar-refractivity contribution >= 4 is 21.4 Å². The fourth-order valence-electron chi connectivity index (χ4n) is 1.96. The van der Waals surface area contributed by atoms with E-state index in [9.17, 15) is 8.42 Å². The maximum absolute atomic E-state index is 12.3. The zero-order valence-electron chi connectivity index (χ0n) is 9.22. The van der Waals surface area contributed by atoms with Gasteiger partial charge < -0.3 is 5.73 Å². The summed E-state index contributed by atoms with van der Waals surface area (Å²) < 4.78 is 26.2. The number of hydrogen-bond donors (Lipinski definition) is 1. The van der Waals surface area contributed by atoms with E-state index in [1.807, 2.05) is 0 Å². The van der Waals surface area contributed by atoms with Gasteiger partial charge in [0.15, 0.2) is 0 Å². The molecule has 90 valence electrons. The Morgan fingerprint density at radius 1 is 1.62 bits per heavy atom. The highest BCUT2D eigenvalue weighted by Gasteiger charge is 2.32. The van der Waals surface area contributed by atoms with Crippen molar-refractivity contribution in [1.82, 2.24) is 4.31 Å². The molecule has 0 radical (unpaired) electrons. The highest BCUT2D eigenvalue weighted by molar-refractivity contribution is 7.89. The molecule has 2 rings (SSSR count).